The van der Waals surface area contributed by atoms with Crippen molar-refractivity contribution in [1.29, 1.82) is 0 Å². The second-order valence-electron chi connectivity index (χ2n) is 7.31. The molecule has 5 nitrogen and oxygen atoms in total. The fourth-order valence-corrected chi connectivity index (χ4v) is 3.84. The van der Waals surface area contributed by atoms with Crippen LogP contribution in [0.15, 0.2) is 72.8 Å². The van der Waals surface area contributed by atoms with Gasteiger partial charge in [0.05, 0.1) is 29.7 Å². The summed E-state index contributed by atoms with van der Waals surface area (Å²) < 4.78 is 7.52. The average Bonchev–Trinajstić information content (AvgIpc) is 3.17. The molecule has 158 valence electrons. The van der Waals surface area contributed by atoms with Gasteiger partial charge in [-0.25, -0.2) is 4.98 Å². The lowest BCUT2D eigenvalue weighted by molar-refractivity contribution is 0.0930. The summed E-state index contributed by atoms with van der Waals surface area (Å²) >= 11 is 6.06. The van der Waals surface area contributed by atoms with Crippen molar-refractivity contribution in [3.05, 3.63) is 94.8 Å². The Balaban J connectivity index is 1.71. The predicted molar refractivity (Wildman–Crippen MR) is 124 cm³/mol. The van der Waals surface area contributed by atoms with E-state index in [0.29, 0.717) is 29.3 Å². The molecule has 0 saturated carbocycles. The van der Waals surface area contributed by atoms with Gasteiger partial charge in [0, 0.05) is 11.6 Å². The number of aromatic nitrogens is 2. The van der Waals surface area contributed by atoms with E-state index in [2.05, 4.69) is 16.0 Å². The van der Waals surface area contributed by atoms with Crippen LogP contribution in [-0.2, 0) is 6.54 Å². The first-order valence-electron chi connectivity index (χ1n) is 10.2. The average molecular weight is 434 g/mol. The predicted octanol–water partition coefficient (Wildman–Crippen LogP) is 5.63. The zero-order valence-electron chi connectivity index (χ0n) is 17.5. The molecule has 0 bridgehead atoms. The summed E-state index contributed by atoms with van der Waals surface area (Å²) in [5, 5.41) is 3.85. The number of hydrogen-bond donors (Lipinski definition) is 1. The number of halogens is 1. The molecule has 1 heterocycles. The number of imidazole rings is 1. The number of carbonyl (C=O) groups is 1. The number of para-hydroxylation sites is 3. The highest BCUT2D eigenvalue weighted by Gasteiger charge is 2.22. The van der Waals surface area contributed by atoms with Gasteiger partial charge in [-0.05, 0) is 48.4 Å². The van der Waals surface area contributed by atoms with Gasteiger partial charge in [-0.2, -0.15) is 0 Å². The van der Waals surface area contributed by atoms with Crippen LogP contribution < -0.4 is 10.1 Å². The van der Waals surface area contributed by atoms with Crippen molar-refractivity contribution in [3.8, 4) is 5.75 Å². The largest absolute Gasteiger partial charge is 0.496 e. The second kappa shape index (κ2) is 9.23. The minimum atomic E-state index is -0.253. The van der Waals surface area contributed by atoms with Gasteiger partial charge in [0.25, 0.3) is 5.91 Å². The first kappa shape index (κ1) is 20.9. The summed E-state index contributed by atoms with van der Waals surface area (Å²) in [5.41, 5.74) is 3.54. The Bertz CT molecular complexity index is 1200. The van der Waals surface area contributed by atoms with Gasteiger partial charge in [-0.1, -0.05) is 54.9 Å². The molecule has 0 aliphatic heterocycles. The van der Waals surface area contributed by atoms with Crippen molar-refractivity contribution in [1.82, 2.24) is 14.9 Å². The van der Waals surface area contributed by atoms with Crippen LogP contribution in [0, 0.1) is 0 Å². The van der Waals surface area contributed by atoms with Crippen molar-refractivity contribution in [2.45, 2.75) is 25.9 Å². The quantitative estimate of drug-likeness (QED) is 0.411. The third-order valence-corrected chi connectivity index (χ3v) is 5.57. The van der Waals surface area contributed by atoms with Gasteiger partial charge in [0.15, 0.2) is 0 Å². The number of nitrogens with zero attached hydrogens (tertiary/aromatic N) is 2. The van der Waals surface area contributed by atoms with Gasteiger partial charge < -0.3 is 14.6 Å². The van der Waals surface area contributed by atoms with E-state index in [4.69, 9.17) is 21.3 Å². The fraction of sp³-hybridized carbons (Fsp3) is 0.200. The highest BCUT2D eigenvalue weighted by Crippen LogP contribution is 2.26. The Hall–Kier alpha value is -3.31. The van der Waals surface area contributed by atoms with Crippen LogP contribution in [0.1, 0.15) is 41.1 Å². The molecule has 0 spiro atoms. The number of ether oxygens (including phenoxy) is 1. The minimum absolute atomic E-state index is 0.186. The maximum atomic E-state index is 13.0. The van der Waals surface area contributed by atoms with Crippen molar-refractivity contribution < 1.29 is 9.53 Å². The molecule has 1 amide bonds. The van der Waals surface area contributed by atoms with E-state index in [1.807, 2.05) is 61.5 Å². The number of nitrogens with one attached hydrogen (secondary N) is 1. The third kappa shape index (κ3) is 4.42. The van der Waals surface area contributed by atoms with Gasteiger partial charge >= 0.3 is 0 Å². The van der Waals surface area contributed by atoms with Crippen LogP contribution in [0.25, 0.3) is 11.0 Å². The summed E-state index contributed by atoms with van der Waals surface area (Å²) in [6.07, 6.45) is 0.699. The van der Waals surface area contributed by atoms with Crippen LogP contribution >= 0.6 is 11.6 Å². The lowest BCUT2D eigenvalue weighted by atomic mass is 10.1. The molecule has 0 fully saturated rings. The molecule has 31 heavy (non-hydrogen) atoms. The smallest absolute Gasteiger partial charge is 0.255 e. The maximum Gasteiger partial charge on any atom is 0.255 e. The number of rotatable bonds is 7. The fourth-order valence-electron chi connectivity index (χ4n) is 3.72. The highest BCUT2D eigenvalue weighted by atomic mass is 35.5. The summed E-state index contributed by atoms with van der Waals surface area (Å²) in [5.74, 6) is 1.18. The molecule has 1 unspecified atom stereocenters. The number of amides is 1. The second-order valence-corrected chi connectivity index (χ2v) is 7.74. The molecule has 0 aliphatic carbocycles. The molecule has 1 N–H and O–H groups in total. The normalized spacial score (nSPS) is 12.0. The van der Waals surface area contributed by atoms with E-state index in [1.54, 1.807) is 19.2 Å². The monoisotopic (exact) mass is 433 g/mol. The van der Waals surface area contributed by atoms with E-state index < -0.39 is 0 Å². The Morgan fingerprint density at radius 3 is 2.52 bits per heavy atom. The highest BCUT2D eigenvalue weighted by molar-refractivity contribution is 6.30. The molecule has 0 radical (unpaired) electrons. The molecule has 3 aromatic carbocycles. The molecule has 4 rings (SSSR count). The van der Waals surface area contributed by atoms with Crippen molar-refractivity contribution in [3.63, 3.8) is 0 Å². The van der Waals surface area contributed by atoms with Gasteiger partial charge in [-0.3, -0.25) is 4.79 Å². The maximum absolute atomic E-state index is 13.0. The number of methoxy groups -OCH3 is 1. The number of carbonyl (C=O) groups excluding carboxylic acids is 1. The standard InChI is InChI=1S/C25H24ClN3O2/c1-3-20(28-25(30)19-8-4-7-11-23(19)31-2)24-27-21-9-5-6-10-22(21)29(24)16-17-12-14-18(26)15-13-17/h4-15,20H,3,16H2,1-2H3,(H,28,30). The van der Waals surface area contributed by atoms with Gasteiger partial charge in [0.2, 0.25) is 0 Å². The van der Waals surface area contributed by atoms with Crippen molar-refractivity contribution in [2.75, 3.05) is 7.11 Å². The number of benzene rings is 3. The number of hydrogen-bond acceptors (Lipinski definition) is 3. The van der Waals surface area contributed by atoms with Crippen molar-refractivity contribution >= 4 is 28.5 Å². The summed E-state index contributed by atoms with van der Waals surface area (Å²) in [4.78, 5) is 17.9. The lowest BCUT2D eigenvalue weighted by Crippen LogP contribution is -2.30. The zero-order chi connectivity index (χ0) is 21.8. The Kier molecular flexibility index (Phi) is 6.23. The van der Waals surface area contributed by atoms with Crippen LogP contribution in [0.3, 0.4) is 0 Å². The summed E-state index contributed by atoms with van der Waals surface area (Å²) in [6.45, 7) is 2.67. The SMILES string of the molecule is CCC(NC(=O)c1ccccc1OC)c1nc2ccccc2n1Cc1ccc(Cl)cc1. The van der Waals surface area contributed by atoms with E-state index in [9.17, 15) is 4.79 Å². The molecule has 1 atom stereocenters. The molecule has 1 aromatic heterocycles. The Labute approximate surface area is 186 Å². The van der Waals surface area contributed by atoms with Crippen LogP contribution in [0.2, 0.25) is 5.02 Å². The van der Waals surface area contributed by atoms with E-state index >= 15 is 0 Å². The van der Waals surface area contributed by atoms with Crippen LogP contribution in [0.5, 0.6) is 5.75 Å². The molecule has 6 heteroatoms. The number of fused-ring (bicyclic) bond motifs is 1. The Morgan fingerprint density at radius 1 is 1.06 bits per heavy atom. The first-order valence-corrected chi connectivity index (χ1v) is 10.6. The van der Waals surface area contributed by atoms with E-state index in [-0.39, 0.29) is 11.9 Å². The van der Waals surface area contributed by atoms with E-state index in [1.165, 1.54) is 0 Å². The Morgan fingerprint density at radius 2 is 1.77 bits per heavy atom. The third-order valence-electron chi connectivity index (χ3n) is 5.31. The van der Waals surface area contributed by atoms with Crippen LogP contribution in [-0.4, -0.2) is 22.6 Å². The van der Waals surface area contributed by atoms with Gasteiger partial charge in [0.1, 0.15) is 11.6 Å². The topological polar surface area (TPSA) is 56.1 Å². The molecule has 0 aliphatic rings. The zero-order valence-corrected chi connectivity index (χ0v) is 18.3. The van der Waals surface area contributed by atoms with Crippen molar-refractivity contribution in [2.24, 2.45) is 0 Å². The first-order chi connectivity index (χ1) is 15.1. The molecule has 4 aromatic rings. The summed E-state index contributed by atoms with van der Waals surface area (Å²) in [7, 11) is 1.56. The van der Waals surface area contributed by atoms with E-state index in [0.717, 1.165) is 22.4 Å². The molecular weight excluding hydrogens is 410 g/mol. The van der Waals surface area contributed by atoms with Crippen LogP contribution in [0.4, 0.5) is 0 Å². The lowest BCUT2D eigenvalue weighted by Gasteiger charge is -2.19. The molecule has 0 saturated heterocycles. The molecular formula is C25H24ClN3O2. The van der Waals surface area contributed by atoms with Gasteiger partial charge in [-0.15, -0.1) is 0 Å². The minimum Gasteiger partial charge on any atom is -0.496 e. The summed E-state index contributed by atoms with van der Waals surface area (Å²) in [6, 6.07) is 22.8.